The Kier molecular flexibility index (Phi) is 2.12. The molecule has 0 aliphatic heterocycles. The lowest BCUT2D eigenvalue weighted by Gasteiger charge is -1.94. The van der Waals surface area contributed by atoms with Crippen LogP contribution in [0.15, 0.2) is 16.3 Å². The Labute approximate surface area is 79.4 Å². The van der Waals surface area contributed by atoms with Crippen LogP contribution in [0, 0.1) is 6.92 Å². The Morgan fingerprint density at radius 1 is 1.54 bits per heavy atom. The summed E-state index contributed by atoms with van der Waals surface area (Å²) in [5.41, 5.74) is 9.04. The van der Waals surface area contributed by atoms with E-state index in [4.69, 9.17) is 10.2 Å². The number of nitrogens with zero attached hydrogens (tertiary/aromatic N) is 2. The molecule has 2 heterocycles. The normalized spacial score (nSPS) is 10.6. The minimum atomic E-state index is 0.392. The molecule has 2 aromatic rings. The van der Waals surface area contributed by atoms with Gasteiger partial charge in [-0.2, -0.15) is 0 Å². The molecule has 0 aliphatic carbocycles. The fourth-order valence-corrected chi connectivity index (χ4v) is 1.93. The van der Waals surface area contributed by atoms with Gasteiger partial charge in [-0.25, -0.2) is 9.97 Å². The molecule has 0 saturated carbocycles. The molecular formula is C8H9N3OS. The number of hydrogen-bond acceptors (Lipinski definition) is 5. The van der Waals surface area contributed by atoms with E-state index in [1.54, 1.807) is 5.51 Å². The third-order valence-electron chi connectivity index (χ3n) is 1.79. The number of aryl methyl sites for hydroxylation is 1. The largest absolute Gasteiger partial charge is 0.442 e. The van der Waals surface area contributed by atoms with Crippen molar-refractivity contribution < 1.29 is 4.42 Å². The van der Waals surface area contributed by atoms with Crippen molar-refractivity contribution >= 4 is 11.3 Å². The van der Waals surface area contributed by atoms with Crippen molar-refractivity contribution in [2.24, 2.45) is 5.73 Å². The fraction of sp³-hybridized carbons (Fsp3) is 0.250. The third-order valence-corrected chi connectivity index (χ3v) is 2.71. The van der Waals surface area contributed by atoms with Crippen LogP contribution >= 0.6 is 11.3 Å². The van der Waals surface area contributed by atoms with Crippen molar-refractivity contribution in [2.75, 3.05) is 0 Å². The van der Waals surface area contributed by atoms with E-state index >= 15 is 0 Å². The molecule has 13 heavy (non-hydrogen) atoms. The van der Waals surface area contributed by atoms with Gasteiger partial charge in [0.1, 0.15) is 5.69 Å². The van der Waals surface area contributed by atoms with E-state index < -0.39 is 0 Å². The first-order chi connectivity index (χ1) is 6.33. The highest BCUT2D eigenvalue weighted by Gasteiger charge is 2.13. The summed E-state index contributed by atoms with van der Waals surface area (Å²) >= 11 is 1.54. The van der Waals surface area contributed by atoms with Crippen LogP contribution in [0.25, 0.3) is 10.6 Å². The molecule has 0 saturated heterocycles. The average molecular weight is 195 g/mol. The number of rotatable bonds is 2. The van der Waals surface area contributed by atoms with Crippen LogP contribution < -0.4 is 5.73 Å². The summed E-state index contributed by atoms with van der Waals surface area (Å²) in [5.74, 6) is 0.752. The maximum Gasteiger partial charge on any atom is 0.181 e. The molecule has 0 radical (unpaired) electrons. The molecule has 0 atom stereocenters. The zero-order chi connectivity index (χ0) is 9.26. The molecule has 0 bridgehead atoms. The first-order valence-electron chi connectivity index (χ1n) is 3.86. The molecule has 68 valence electrons. The van der Waals surface area contributed by atoms with Crippen molar-refractivity contribution in [3.05, 3.63) is 23.3 Å². The predicted molar refractivity (Wildman–Crippen MR) is 50.2 cm³/mol. The Hall–Kier alpha value is -1.20. The van der Waals surface area contributed by atoms with E-state index in [1.165, 1.54) is 17.7 Å². The number of thiazole rings is 1. The predicted octanol–water partition coefficient (Wildman–Crippen LogP) is 1.57. The van der Waals surface area contributed by atoms with Crippen molar-refractivity contribution in [1.29, 1.82) is 0 Å². The highest BCUT2D eigenvalue weighted by atomic mass is 32.1. The second kappa shape index (κ2) is 3.27. The van der Waals surface area contributed by atoms with E-state index in [-0.39, 0.29) is 0 Å². The summed E-state index contributed by atoms with van der Waals surface area (Å²) in [6, 6.07) is 0. The van der Waals surface area contributed by atoms with Gasteiger partial charge < -0.3 is 10.2 Å². The summed E-state index contributed by atoms with van der Waals surface area (Å²) < 4.78 is 5.26. The van der Waals surface area contributed by atoms with Gasteiger partial charge in [-0.05, 0) is 6.92 Å². The van der Waals surface area contributed by atoms with Gasteiger partial charge in [0.05, 0.1) is 16.1 Å². The van der Waals surface area contributed by atoms with Gasteiger partial charge >= 0.3 is 0 Å². The monoisotopic (exact) mass is 195 g/mol. The lowest BCUT2D eigenvalue weighted by Crippen LogP contribution is -1.97. The molecule has 0 aliphatic rings. The first-order valence-corrected chi connectivity index (χ1v) is 4.73. The lowest BCUT2D eigenvalue weighted by molar-refractivity contribution is 0.571. The maximum atomic E-state index is 5.51. The Morgan fingerprint density at radius 2 is 2.38 bits per heavy atom. The summed E-state index contributed by atoms with van der Waals surface area (Å²) in [5, 5.41) is 0. The first kappa shape index (κ1) is 8.40. The van der Waals surface area contributed by atoms with Crippen molar-refractivity contribution in [2.45, 2.75) is 13.5 Å². The fourth-order valence-electron chi connectivity index (χ4n) is 1.12. The second-order valence-corrected chi connectivity index (χ2v) is 3.45. The van der Waals surface area contributed by atoms with Gasteiger partial charge in [-0.1, -0.05) is 0 Å². The third kappa shape index (κ3) is 1.36. The standard InChI is InChI=1S/C8H9N3OS/c1-5-8(13-4-11-5)7-6(2-9)10-3-12-7/h3-4H,2,9H2,1H3. The van der Waals surface area contributed by atoms with Crippen molar-refractivity contribution in [3.63, 3.8) is 0 Å². The minimum absolute atomic E-state index is 0.392. The highest BCUT2D eigenvalue weighted by molar-refractivity contribution is 7.13. The quantitative estimate of drug-likeness (QED) is 0.789. The van der Waals surface area contributed by atoms with Crippen LogP contribution in [0.5, 0.6) is 0 Å². The molecule has 4 nitrogen and oxygen atoms in total. The minimum Gasteiger partial charge on any atom is -0.442 e. The SMILES string of the molecule is Cc1ncsc1-c1ocnc1CN. The molecule has 2 N–H and O–H groups in total. The molecule has 2 aromatic heterocycles. The van der Waals surface area contributed by atoms with Gasteiger partial charge in [0.25, 0.3) is 0 Å². The van der Waals surface area contributed by atoms with Gasteiger partial charge in [0.2, 0.25) is 0 Å². The van der Waals surface area contributed by atoms with Gasteiger partial charge in [-0.3, -0.25) is 0 Å². The molecule has 0 fully saturated rings. The molecule has 0 amide bonds. The van der Waals surface area contributed by atoms with Crippen LogP contribution in [0.1, 0.15) is 11.4 Å². The number of oxazole rings is 1. The Balaban J connectivity index is 2.52. The Bertz CT molecular complexity index is 407. The van der Waals surface area contributed by atoms with Crippen LogP contribution in [0.2, 0.25) is 0 Å². The van der Waals surface area contributed by atoms with Gasteiger partial charge in [0, 0.05) is 6.54 Å². The number of hydrogen-bond donors (Lipinski definition) is 1. The number of aromatic nitrogens is 2. The van der Waals surface area contributed by atoms with E-state index in [0.29, 0.717) is 6.54 Å². The van der Waals surface area contributed by atoms with Crippen LogP contribution in [0.4, 0.5) is 0 Å². The van der Waals surface area contributed by atoms with Crippen molar-refractivity contribution in [1.82, 2.24) is 9.97 Å². The highest BCUT2D eigenvalue weighted by Crippen LogP contribution is 2.29. The maximum absolute atomic E-state index is 5.51. The Morgan fingerprint density at radius 3 is 3.00 bits per heavy atom. The smallest absolute Gasteiger partial charge is 0.181 e. The van der Waals surface area contributed by atoms with Gasteiger partial charge in [0.15, 0.2) is 12.2 Å². The molecule has 0 unspecified atom stereocenters. The lowest BCUT2D eigenvalue weighted by atomic mass is 10.2. The molecule has 0 aromatic carbocycles. The van der Waals surface area contributed by atoms with E-state index in [1.807, 2.05) is 6.92 Å². The van der Waals surface area contributed by atoms with E-state index in [9.17, 15) is 0 Å². The van der Waals surface area contributed by atoms with Crippen LogP contribution in [0.3, 0.4) is 0 Å². The molecule has 5 heteroatoms. The van der Waals surface area contributed by atoms with Crippen LogP contribution in [-0.4, -0.2) is 9.97 Å². The zero-order valence-corrected chi connectivity index (χ0v) is 7.97. The van der Waals surface area contributed by atoms with Crippen LogP contribution in [-0.2, 0) is 6.54 Å². The molecule has 2 rings (SSSR count). The summed E-state index contributed by atoms with van der Waals surface area (Å²) in [4.78, 5) is 9.17. The van der Waals surface area contributed by atoms with Crippen molar-refractivity contribution in [3.8, 4) is 10.6 Å². The molecular weight excluding hydrogens is 186 g/mol. The summed E-state index contributed by atoms with van der Waals surface area (Å²) in [6.45, 7) is 2.33. The topological polar surface area (TPSA) is 64.9 Å². The summed E-state index contributed by atoms with van der Waals surface area (Å²) in [7, 11) is 0. The molecule has 0 spiro atoms. The zero-order valence-electron chi connectivity index (χ0n) is 7.15. The second-order valence-electron chi connectivity index (χ2n) is 2.60. The van der Waals surface area contributed by atoms with E-state index in [2.05, 4.69) is 9.97 Å². The average Bonchev–Trinajstić information content (AvgIpc) is 2.71. The van der Waals surface area contributed by atoms with Gasteiger partial charge in [-0.15, -0.1) is 11.3 Å². The number of nitrogens with two attached hydrogens (primary N) is 1. The summed E-state index contributed by atoms with van der Waals surface area (Å²) in [6.07, 6.45) is 1.41. The van der Waals surface area contributed by atoms with E-state index in [0.717, 1.165) is 22.0 Å².